The van der Waals surface area contributed by atoms with E-state index in [9.17, 15) is 4.79 Å². The summed E-state index contributed by atoms with van der Waals surface area (Å²) in [4.78, 5) is 11.7. The van der Waals surface area contributed by atoms with E-state index in [4.69, 9.17) is 5.73 Å². The van der Waals surface area contributed by atoms with E-state index < -0.39 is 6.04 Å². The van der Waals surface area contributed by atoms with Crippen LogP contribution in [0, 0.1) is 5.92 Å². The number of hydrogen-bond acceptors (Lipinski definition) is 2. The number of rotatable bonds is 6. The molecule has 1 unspecified atom stereocenters. The van der Waals surface area contributed by atoms with Crippen LogP contribution in [0.3, 0.4) is 0 Å². The highest BCUT2D eigenvalue weighted by Crippen LogP contribution is 2.31. The molecule has 18 heavy (non-hydrogen) atoms. The predicted octanol–water partition coefficient (Wildman–Crippen LogP) is 1.89. The standard InChI is InChI=1S/C14H20N2O.ClH/c15-13(10-12-4-2-1-3-5-12)14(17)16-9-8-11-6-7-11;/h1-5,11,13H,6-10,15H2,(H,16,17);1H. The van der Waals surface area contributed by atoms with Crippen molar-refractivity contribution in [3.63, 3.8) is 0 Å². The minimum absolute atomic E-state index is 0. The fourth-order valence-electron chi connectivity index (χ4n) is 1.90. The summed E-state index contributed by atoms with van der Waals surface area (Å²) in [5.74, 6) is 0.815. The second-order valence-corrected chi connectivity index (χ2v) is 4.82. The summed E-state index contributed by atoms with van der Waals surface area (Å²) in [6.45, 7) is 0.770. The molecule has 0 spiro atoms. The minimum Gasteiger partial charge on any atom is -0.355 e. The van der Waals surface area contributed by atoms with Gasteiger partial charge >= 0.3 is 0 Å². The summed E-state index contributed by atoms with van der Waals surface area (Å²) < 4.78 is 0. The Morgan fingerprint density at radius 2 is 2.00 bits per heavy atom. The van der Waals surface area contributed by atoms with Crippen LogP contribution >= 0.6 is 12.4 Å². The van der Waals surface area contributed by atoms with Gasteiger partial charge in [0.05, 0.1) is 6.04 Å². The van der Waals surface area contributed by atoms with Gasteiger partial charge in [-0.2, -0.15) is 0 Å². The molecule has 0 aromatic heterocycles. The Kier molecular flexibility index (Phi) is 6.16. The van der Waals surface area contributed by atoms with E-state index in [0.29, 0.717) is 6.42 Å². The molecule has 4 heteroatoms. The molecule has 3 N–H and O–H groups in total. The molecule has 1 aliphatic carbocycles. The lowest BCUT2D eigenvalue weighted by Gasteiger charge is -2.12. The van der Waals surface area contributed by atoms with Crippen LogP contribution in [-0.4, -0.2) is 18.5 Å². The maximum absolute atomic E-state index is 11.7. The number of amides is 1. The third-order valence-corrected chi connectivity index (χ3v) is 3.18. The Morgan fingerprint density at radius 1 is 1.33 bits per heavy atom. The van der Waals surface area contributed by atoms with Gasteiger partial charge in [-0.1, -0.05) is 43.2 Å². The summed E-state index contributed by atoms with van der Waals surface area (Å²) in [6.07, 6.45) is 4.36. The van der Waals surface area contributed by atoms with Crippen LogP contribution in [0.4, 0.5) is 0 Å². The quantitative estimate of drug-likeness (QED) is 0.828. The largest absolute Gasteiger partial charge is 0.355 e. The van der Waals surface area contributed by atoms with E-state index in [2.05, 4.69) is 5.32 Å². The topological polar surface area (TPSA) is 55.1 Å². The van der Waals surface area contributed by atoms with Crippen LogP contribution in [0.2, 0.25) is 0 Å². The monoisotopic (exact) mass is 268 g/mol. The molecule has 1 aliphatic rings. The number of carbonyl (C=O) groups is 1. The van der Waals surface area contributed by atoms with Crippen molar-refractivity contribution < 1.29 is 4.79 Å². The Balaban J connectivity index is 0.00000162. The zero-order valence-corrected chi connectivity index (χ0v) is 11.3. The summed E-state index contributed by atoms with van der Waals surface area (Å²) in [6, 6.07) is 9.45. The smallest absolute Gasteiger partial charge is 0.237 e. The van der Waals surface area contributed by atoms with Crippen LogP contribution in [0.25, 0.3) is 0 Å². The van der Waals surface area contributed by atoms with Gasteiger partial charge in [0, 0.05) is 6.54 Å². The van der Waals surface area contributed by atoms with Crippen molar-refractivity contribution in [2.75, 3.05) is 6.54 Å². The Labute approximate surface area is 115 Å². The van der Waals surface area contributed by atoms with Gasteiger partial charge in [-0.15, -0.1) is 12.4 Å². The van der Waals surface area contributed by atoms with Gasteiger partial charge in [0.2, 0.25) is 5.91 Å². The summed E-state index contributed by atoms with van der Waals surface area (Å²) in [5, 5.41) is 2.91. The zero-order chi connectivity index (χ0) is 12.1. The van der Waals surface area contributed by atoms with Gasteiger partial charge in [0.15, 0.2) is 0 Å². The highest BCUT2D eigenvalue weighted by atomic mass is 35.5. The van der Waals surface area contributed by atoms with E-state index in [1.807, 2.05) is 30.3 Å². The SMILES string of the molecule is Cl.NC(Cc1ccccc1)C(=O)NCCC1CC1. The van der Waals surface area contributed by atoms with E-state index in [1.165, 1.54) is 12.8 Å². The molecule has 0 saturated heterocycles. The molecule has 0 radical (unpaired) electrons. The zero-order valence-electron chi connectivity index (χ0n) is 10.5. The molecule has 1 saturated carbocycles. The lowest BCUT2D eigenvalue weighted by molar-refractivity contribution is -0.122. The molecule has 0 aliphatic heterocycles. The number of carbonyl (C=O) groups excluding carboxylic acids is 1. The number of benzene rings is 1. The molecule has 100 valence electrons. The van der Waals surface area contributed by atoms with Gasteiger partial charge in [-0.05, 0) is 24.3 Å². The minimum atomic E-state index is -0.434. The first-order valence-electron chi connectivity index (χ1n) is 6.33. The first kappa shape index (κ1) is 15.0. The summed E-state index contributed by atoms with van der Waals surface area (Å²) in [7, 11) is 0. The van der Waals surface area contributed by atoms with Crippen molar-refractivity contribution in [3.05, 3.63) is 35.9 Å². The van der Waals surface area contributed by atoms with Crippen LogP contribution in [0.1, 0.15) is 24.8 Å². The van der Waals surface area contributed by atoms with Crippen LogP contribution in [0.15, 0.2) is 30.3 Å². The Morgan fingerprint density at radius 3 is 2.61 bits per heavy atom. The first-order chi connectivity index (χ1) is 8.25. The molecule has 0 bridgehead atoms. The number of halogens is 1. The third kappa shape index (κ3) is 5.07. The average molecular weight is 269 g/mol. The number of nitrogens with two attached hydrogens (primary N) is 1. The summed E-state index contributed by atoms with van der Waals surface area (Å²) >= 11 is 0. The second kappa shape index (κ2) is 7.39. The molecule has 1 fully saturated rings. The van der Waals surface area contributed by atoms with Crippen LogP contribution in [-0.2, 0) is 11.2 Å². The molecule has 3 nitrogen and oxygen atoms in total. The number of hydrogen-bond donors (Lipinski definition) is 2. The van der Waals surface area contributed by atoms with Gasteiger partial charge in [-0.25, -0.2) is 0 Å². The lowest BCUT2D eigenvalue weighted by Crippen LogP contribution is -2.42. The molecule has 2 rings (SSSR count). The van der Waals surface area contributed by atoms with E-state index in [-0.39, 0.29) is 18.3 Å². The average Bonchev–Trinajstić information content (AvgIpc) is 3.14. The maximum Gasteiger partial charge on any atom is 0.237 e. The molecular formula is C14H21ClN2O. The fourth-order valence-corrected chi connectivity index (χ4v) is 1.90. The number of nitrogens with one attached hydrogen (secondary N) is 1. The maximum atomic E-state index is 11.7. The van der Waals surface area contributed by atoms with E-state index in [1.54, 1.807) is 0 Å². The molecule has 1 aromatic carbocycles. The fraction of sp³-hybridized carbons (Fsp3) is 0.500. The van der Waals surface area contributed by atoms with Gasteiger partial charge in [0.25, 0.3) is 0 Å². The van der Waals surface area contributed by atoms with Gasteiger partial charge in [-0.3, -0.25) is 4.79 Å². The van der Waals surface area contributed by atoms with Crippen LogP contribution in [0.5, 0.6) is 0 Å². The van der Waals surface area contributed by atoms with Crippen LogP contribution < -0.4 is 11.1 Å². The molecular weight excluding hydrogens is 248 g/mol. The molecule has 1 aromatic rings. The molecule has 1 atom stereocenters. The highest BCUT2D eigenvalue weighted by Gasteiger charge is 2.21. The summed E-state index contributed by atoms with van der Waals surface area (Å²) in [5.41, 5.74) is 6.98. The van der Waals surface area contributed by atoms with Crippen molar-refractivity contribution in [2.45, 2.75) is 31.7 Å². The lowest BCUT2D eigenvalue weighted by atomic mass is 10.1. The van der Waals surface area contributed by atoms with Crippen molar-refractivity contribution in [2.24, 2.45) is 11.7 Å². The Bertz CT molecular complexity index is 365. The Hall–Kier alpha value is -1.06. The second-order valence-electron chi connectivity index (χ2n) is 4.82. The van der Waals surface area contributed by atoms with Gasteiger partial charge in [0.1, 0.15) is 0 Å². The van der Waals surface area contributed by atoms with Crippen molar-refractivity contribution in [3.8, 4) is 0 Å². The predicted molar refractivity (Wildman–Crippen MR) is 75.7 cm³/mol. The first-order valence-corrected chi connectivity index (χ1v) is 6.33. The van der Waals surface area contributed by atoms with E-state index >= 15 is 0 Å². The van der Waals surface area contributed by atoms with E-state index in [0.717, 1.165) is 24.4 Å². The molecule has 0 heterocycles. The normalized spacial score (nSPS) is 15.6. The third-order valence-electron chi connectivity index (χ3n) is 3.18. The molecule has 1 amide bonds. The van der Waals surface area contributed by atoms with Crippen molar-refractivity contribution in [1.82, 2.24) is 5.32 Å². The van der Waals surface area contributed by atoms with Gasteiger partial charge < -0.3 is 11.1 Å². The highest BCUT2D eigenvalue weighted by molar-refractivity contribution is 5.85. The van der Waals surface area contributed by atoms with Crippen molar-refractivity contribution >= 4 is 18.3 Å². The van der Waals surface area contributed by atoms with Crippen molar-refractivity contribution in [1.29, 1.82) is 0 Å².